The van der Waals surface area contributed by atoms with Crippen molar-refractivity contribution in [2.24, 2.45) is 0 Å². The quantitative estimate of drug-likeness (QED) is 0.923. The van der Waals surface area contributed by atoms with Gasteiger partial charge in [0.15, 0.2) is 5.76 Å². The third-order valence-corrected chi connectivity index (χ3v) is 2.77. The van der Waals surface area contributed by atoms with Gasteiger partial charge >= 0.3 is 5.97 Å². The molecule has 0 atom stereocenters. The van der Waals surface area contributed by atoms with E-state index in [-0.39, 0.29) is 16.5 Å². The fourth-order valence-corrected chi connectivity index (χ4v) is 1.88. The summed E-state index contributed by atoms with van der Waals surface area (Å²) in [5, 5.41) is 12.2. The standard InChI is InChI=1S/C10H5BrClNO3/c11-6-3-1-2-5(4-6)9-7(12)8(10(14)15)13-16-9/h1-4H,(H,14,15). The van der Waals surface area contributed by atoms with Crippen LogP contribution in [0, 0.1) is 0 Å². The van der Waals surface area contributed by atoms with Crippen molar-refractivity contribution in [3.05, 3.63) is 39.5 Å². The maximum Gasteiger partial charge on any atom is 0.359 e. The molecule has 82 valence electrons. The summed E-state index contributed by atoms with van der Waals surface area (Å²) in [6.45, 7) is 0. The van der Waals surface area contributed by atoms with Crippen LogP contribution in [-0.2, 0) is 0 Å². The highest BCUT2D eigenvalue weighted by Crippen LogP contribution is 2.31. The van der Waals surface area contributed by atoms with Gasteiger partial charge in [-0.3, -0.25) is 0 Å². The summed E-state index contributed by atoms with van der Waals surface area (Å²) in [5.74, 6) is -0.963. The van der Waals surface area contributed by atoms with Crippen LogP contribution in [0.2, 0.25) is 5.02 Å². The molecule has 0 amide bonds. The van der Waals surface area contributed by atoms with Crippen LogP contribution >= 0.6 is 27.5 Å². The molecule has 0 aliphatic rings. The van der Waals surface area contributed by atoms with E-state index in [1.165, 1.54) is 0 Å². The number of aromatic carboxylic acids is 1. The Hall–Kier alpha value is -1.33. The van der Waals surface area contributed by atoms with E-state index in [9.17, 15) is 4.79 Å². The maximum absolute atomic E-state index is 10.7. The molecule has 2 aromatic rings. The van der Waals surface area contributed by atoms with Gasteiger partial charge in [-0.15, -0.1) is 0 Å². The van der Waals surface area contributed by atoms with Crippen LogP contribution in [-0.4, -0.2) is 16.2 Å². The molecule has 6 heteroatoms. The Morgan fingerprint density at radius 1 is 1.50 bits per heavy atom. The van der Waals surface area contributed by atoms with E-state index in [2.05, 4.69) is 21.1 Å². The van der Waals surface area contributed by atoms with Gasteiger partial charge in [0.1, 0.15) is 5.02 Å². The molecule has 2 rings (SSSR count). The third-order valence-electron chi connectivity index (χ3n) is 1.92. The summed E-state index contributed by atoms with van der Waals surface area (Å²) in [7, 11) is 0. The molecular weight excluding hydrogens is 297 g/mol. The van der Waals surface area contributed by atoms with Crippen LogP contribution in [0.25, 0.3) is 11.3 Å². The average molecular weight is 303 g/mol. The number of carboxylic acid groups (broad SMARTS) is 1. The topological polar surface area (TPSA) is 63.3 Å². The minimum Gasteiger partial charge on any atom is -0.476 e. The van der Waals surface area contributed by atoms with E-state index in [1.54, 1.807) is 18.2 Å². The number of carboxylic acids is 1. The molecule has 0 aliphatic heterocycles. The summed E-state index contributed by atoms with van der Waals surface area (Å²) >= 11 is 9.15. The van der Waals surface area contributed by atoms with Gasteiger partial charge in [-0.2, -0.15) is 0 Å². The van der Waals surface area contributed by atoms with Crippen LogP contribution in [0.5, 0.6) is 0 Å². The Morgan fingerprint density at radius 2 is 2.25 bits per heavy atom. The molecule has 1 N–H and O–H groups in total. The molecule has 0 aliphatic carbocycles. The number of benzene rings is 1. The van der Waals surface area contributed by atoms with Gasteiger partial charge in [-0.05, 0) is 12.1 Å². The second-order valence-electron chi connectivity index (χ2n) is 2.99. The van der Waals surface area contributed by atoms with Crippen molar-refractivity contribution in [3.63, 3.8) is 0 Å². The smallest absolute Gasteiger partial charge is 0.359 e. The molecule has 0 saturated heterocycles. The fourth-order valence-electron chi connectivity index (χ4n) is 1.22. The van der Waals surface area contributed by atoms with Crippen LogP contribution in [0.4, 0.5) is 0 Å². The number of aromatic nitrogens is 1. The first kappa shape index (κ1) is 11.2. The molecular formula is C10H5BrClNO3. The summed E-state index contributed by atoms with van der Waals surface area (Å²) < 4.78 is 5.76. The normalized spacial score (nSPS) is 10.4. The molecule has 1 aromatic heterocycles. The molecule has 0 unspecified atom stereocenters. The lowest BCUT2D eigenvalue weighted by Crippen LogP contribution is -1.96. The number of carbonyl (C=O) groups is 1. The van der Waals surface area contributed by atoms with Crippen LogP contribution < -0.4 is 0 Å². The first-order chi connectivity index (χ1) is 7.59. The van der Waals surface area contributed by atoms with Gasteiger partial charge in [-0.25, -0.2) is 4.79 Å². The molecule has 0 bridgehead atoms. The lowest BCUT2D eigenvalue weighted by Gasteiger charge is -1.96. The highest BCUT2D eigenvalue weighted by atomic mass is 79.9. The number of nitrogens with zero attached hydrogens (tertiary/aromatic N) is 1. The second-order valence-corrected chi connectivity index (χ2v) is 4.28. The van der Waals surface area contributed by atoms with Crippen molar-refractivity contribution in [2.75, 3.05) is 0 Å². The van der Waals surface area contributed by atoms with Crippen molar-refractivity contribution in [2.45, 2.75) is 0 Å². The first-order valence-corrected chi connectivity index (χ1v) is 5.41. The second kappa shape index (κ2) is 4.27. The van der Waals surface area contributed by atoms with E-state index in [0.29, 0.717) is 5.56 Å². The van der Waals surface area contributed by atoms with Gasteiger partial charge in [0.05, 0.1) is 0 Å². The molecule has 0 spiro atoms. The predicted octanol–water partition coefficient (Wildman–Crippen LogP) is 3.46. The van der Waals surface area contributed by atoms with Crippen molar-refractivity contribution in [3.8, 4) is 11.3 Å². The van der Waals surface area contributed by atoms with Gasteiger partial charge in [-0.1, -0.05) is 44.8 Å². The van der Waals surface area contributed by atoms with E-state index in [0.717, 1.165) is 4.47 Å². The maximum atomic E-state index is 10.7. The average Bonchev–Trinajstić information content (AvgIpc) is 2.60. The van der Waals surface area contributed by atoms with E-state index in [1.807, 2.05) is 6.07 Å². The summed E-state index contributed by atoms with van der Waals surface area (Å²) in [6.07, 6.45) is 0. The molecule has 4 nitrogen and oxygen atoms in total. The minimum absolute atomic E-state index is 0.00519. The van der Waals surface area contributed by atoms with Gasteiger partial charge < -0.3 is 9.63 Å². The molecule has 16 heavy (non-hydrogen) atoms. The Morgan fingerprint density at radius 3 is 2.81 bits per heavy atom. The van der Waals surface area contributed by atoms with Crippen molar-refractivity contribution >= 4 is 33.5 Å². The number of rotatable bonds is 2. The largest absolute Gasteiger partial charge is 0.476 e. The van der Waals surface area contributed by atoms with Gasteiger partial charge in [0.2, 0.25) is 5.69 Å². The Kier molecular flexibility index (Phi) is 2.98. The molecule has 1 heterocycles. The molecule has 0 fully saturated rings. The Labute approximate surface area is 104 Å². The lowest BCUT2D eigenvalue weighted by atomic mass is 10.1. The summed E-state index contributed by atoms with van der Waals surface area (Å²) in [5.41, 5.74) is 0.385. The summed E-state index contributed by atoms with van der Waals surface area (Å²) in [4.78, 5) is 10.7. The van der Waals surface area contributed by atoms with Gasteiger partial charge in [0, 0.05) is 10.0 Å². The van der Waals surface area contributed by atoms with Gasteiger partial charge in [0.25, 0.3) is 0 Å². The SMILES string of the molecule is O=C(O)c1noc(-c2cccc(Br)c2)c1Cl. The highest BCUT2D eigenvalue weighted by molar-refractivity contribution is 9.10. The fraction of sp³-hybridized carbons (Fsp3) is 0. The monoisotopic (exact) mass is 301 g/mol. The number of halogens is 2. The highest BCUT2D eigenvalue weighted by Gasteiger charge is 2.20. The predicted molar refractivity (Wildman–Crippen MR) is 61.6 cm³/mol. The zero-order valence-electron chi connectivity index (χ0n) is 7.78. The summed E-state index contributed by atoms with van der Waals surface area (Å²) in [6, 6.07) is 7.14. The molecule has 0 saturated carbocycles. The zero-order valence-corrected chi connectivity index (χ0v) is 10.1. The van der Waals surface area contributed by atoms with Crippen molar-refractivity contribution in [1.29, 1.82) is 0 Å². The minimum atomic E-state index is -1.21. The van der Waals surface area contributed by atoms with E-state index < -0.39 is 5.97 Å². The number of hydrogen-bond acceptors (Lipinski definition) is 3. The van der Waals surface area contributed by atoms with E-state index in [4.69, 9.17) is 21.2 Å². The van der Waals surface area contributed by atoms with Crippen LogP contribution in [0.15, 0.2) is 33.3 Å². The van der Waals surface area contributed by atoms with Crippen molar-refractivity contribution in [1.82, 2.24) is 5.16 Å². The lowest BCUT2D eigenvalue weighted by molar-refractivity contribution is 0.0686. The third kappa shape index (κ3) is 1.96. The Balaban J connectivity index is 2.53. The van der Waals surface area contributed by atoms with Crippen molar-refractivity contribution < 1.29 is 14.4 Å². The Bertz CT molecular complexity index is 553. The van der Waals surface area contributed by atoms with Crippen LogP contribution in [0.1, 0.15) is 10.5 Å². The van der Waals surface area contributed by atoms with Crippen LogP contribution in [0.3, 0.4) is 0 Å². The number of hydrogen-bond donors (Lipinski definition) is 1. The first-order valence-electron chi connectivity index (χ1n) is 4.24. The van der Waals surface area contributed by atoms with E-state index >= 15 is 0 Å². The molecule has 1 aromatic carbocycles. The molecule has 0 radical (unpaired) electrons. The zero-order chi connectivity index (χ0) is 11.7.